The summed E-state index contributed by atoms with van der Waals surface area (Å²) in [5.74, 6) is 0.718. The Bertz CT molecular complexity index is 342. The maximum Gasteiger partial charge on any atom is 0.167 e. The van der Waals surface area contributed by atoms with Crippen LogP contribution < -0.4 is 0 Å². The van der Waals surface area contributed by atoms with E-state index in [1.54, 1.807) is 7.11 Å². The van der Waals surface area contributed by atoms with Gasteiger partial charge in [0.05, 0.1) is 11.9 Å². The summed E-state index contributed by atoms with van der Waals surface area (Å²) in [6.45, 7) is 1.32. The molecule has 1 saturated heterocycles. The quantitative estimate of drug-likeness (QED) is 0.752. The Morgan fingerprint density at radius 2 is 2.33 bits per heavy atom. The zero-order valence-corrected chi connectivity index (χ0v) is 8.66. The molecule has 0 radical (unpaired) electrons. The fraction of sp³-hybridized carbons (Fsp3) is 0.600. The van der Waals surface area contributed by atoms with Gasteiger partial charge in [0, 0.05) is 33.2 Å². The first-order chi connectivity index (χ1) is 7.30. The van der Waals surface area contributed by atoms with Gasteiger partial charge >= 0.3 is 0 Å². The predicted octanol–water partition coefficient (Wildman–Crippen LogP) is 0.874. The first-order valence-electron chi connectivity index (χ1n) is 4.94. The molecule has 1 aliphatic rings. The summed E-state index contributed by atoms with van der Waals surface area (Å²) in [7, 11) is 1.66. The van der Waals surface area contributed by atoms with E-state index >= 15 is 0 Å². The SMILES string of the molecule is COC1(c2ncc(C=O)[nH]2)CCOCC1. The van der Waals surface area contributed by atoms with Crippen molar-refractivity contribution < 1.29 is 14.3 Å². The lowest BCUT2D eigenvalue weighted by molar-refractivity contribution is -0.0995. The number of hydrogen-bond acceptors (Lipinski definition) is 4. The summed E-state index contributed by atoms with van der Waals surface area (Å²) in [4.78, 5) is 17.7. The zero-order valence-electron chi connectivity index (χ0n) is 8.66. The normalized spacial score (nSPS) is 20.1. The van der Waals surface area contributed by atoms with Crippen LogP contribution in [0.25, 0.3) is 0 Å². The molecule has 0 spiro atoms. The van der Waals surface area contributed by atoms with Crippen LogP contribution in [0.5, 0.6) is 0 Å². The van der Waals surface area contributed by atoms with E-state index in [0.717, 1.165) is 25.0 Å². The molecule has 1 aliphatic heterocycles. The van der Waals surface area contributed by atoms with Gasteiger partial charge in [-0.3, -0.25) is 4.79 Å². The predicted molar refractivity (Wildman–Crippen MR) is 52.7 cm³/mol. The summed E-state index contributed by atoms with van der Waals surface area (Å²) >= 11 is 0. The Kier molecular flexibility index (Phi) is 2.83. The Balaban J connectivity index is 2.27. The molecule has 5 heteroatoms. The third kappa shape index (κ3) is 1.80. The second-order valence-corrected chi connectivity index (χ2v) is 3.62. The second-order valence-electron chi connectivity index (χ2n) is 3.62. The summed E-state index contributed by atoms with van der Waals surface area (Å²) in [5, 5.41) is 0. The van der Waals surface area contributed by atoms with Crippen LogP contribution in [0.15, 0.2) is 6.20 Å². The average Bonchev–Trinajstić information content (AvgIpc) is 2.79. The van der Waals surface area contributed by atoms with Crippen LogP contribution >= 0.6 is 0 Å². The van der Waals surface area contributed by atoms with E-state index in [1.807, 2.05) is 0 Å². The number of H-pyrrole nitrogens is 1. The highest BCUT2D eigenvalue weighted by Gasteiger charge is 2.37. The molecule has 0 aliphatic carbocycles. The first kappa shape index (κ1) is 10.3. The lowest BCUT2D eigenvalue weighted by atomic mass is 9.93. The van der Waals surface area contributed by atoms with Crippen molar-refractivity contribution in [3.05, 3.63) is 17.7 Å². The molecule has 1 N–H and O–H groups in total. The third-order valence-corrected chi connectivity index (χ3v) is 2.85. The van der Waals surface area contributed by atoms with Gasteiger partial charge in [0.2, 0.25) is 0 Å². The van der Waals surface area contributed by atoms with Gasteiger partial charge in [0.1, 0.15) is 11.4 Å². The van der Waals surface area contributed by atoms with E-state index in [1.165, 1.54) is 6.20 Å². The zero-order chi connectivity index (χ0) is 10.7. The molecule has 5 nitrogen and oxygen atoms in total. The number of hydrogen-bond donors (Lipinski definition) is 1. The minimum Gasteiger partial charge on any atom is -0.381 e. The number of ether oxygens (including phenoxy) is 2. The molecule has 0 unspecified atom stereocenters. The van der Waals surface area contributed by atoms with Gasteiger partial charge in [-0.2, -0.15) is 0 Å². The number of aromatic nitrogens is 2. The van der Waals surface area contributed by atoms with Gasteiger partial charge in [-0.25, -0.2) is 4.98 Å². The second kappa shape index (κ2) is 4.12. The number of rotatable bonds is 3. The molecule has 0 aromatic carbocycles. The van der Waals surface area contributed by atoms with E-state index in [4.69, 9.17) is 9.47 Å². The highest BCUT2D eigenvalue weighted by molar-refractivity contribution is 5.71. The molecular weight excluding hydrogens is 196 g/mol. The van der Waals surface area contributed by atoms with Crippen molar-refractivity contribution >= 4 is 6.29 Å². The largest absolute Gasteiger partial charge is 0.381 e. The van der Waals surface area contributed by atoms with E-state index in [9.17, 15) is 4.79 Å². The summed E-state index contributed by atoms with van der Waals surface area (Å²) in [6.07, 6.45) is 3.79. The highest BCUT2D eigenvalue weighted by atomic mass is 16.5. The van der Waals surface area contributed by atoms with Crippen LogP contribution in [-0.2, 0) is 15.1 Å². The van der Waals surface area contributed by atoms with Crippen molar-refractivity contribution in [2.45, 2.75) is 18.4 Å². The lowest BCUT2D eigenvalue weighted by Gasteiger charge is -2.33. The molecule has 2 rings (SSSR count). The smallest absolute Gasteiger partial charge is 0.167 e. The molecule has 1 aromatic heterocycles. The van der Waals surface area contributed by atoms with E-state index in [-0.39, 0.29) is 0 Å². The maximum absolute atomic E-state index is 10.6. The number of carbonyl (C=O) groups is 1. The van der Waals surface area contributed by atoms with Crippen molar-refractivity contribution in [3.63, 3.8) is 0 Å². The Morgan fingerprint density at radius 3 is 2.87 bits per heavy atom. The van der Waals surface area contributed by atoms with Crippen molar-refractivity contribution in [3.8, 4) is 0 Å². The number of methoxy groups -OCH3 is 1. The maximum atomic E-state index is 10.6. The fourth-order valence-corrected chi connectivity index (χ4v) is 1.87. The van der Waals surface area contributed by atoms with Gasteiger partial charge in [-0.15, -0.1) is 0 Å². The lowest BCUT2D eigenvalue weighted by Crippen LogP contribution is -2.36. The Morgan fingerprint density at radius 1 is 1.60 bits per heavy atom. The van der Waals surface area contributed by atoms with Gasteiger partial charge < -0.3 is 14.5 Å². The minimum absolute atomic E-state index is 0.417. The topological polar surface area (TPSA) is 64.2 Å². The average molecular weight is 210 g/mol. The first-order valence-corrected chi connectivity index (χ1v) is 4.94. The van der Waals surface area contributed by atoms with Gasteiger partial charge in [0.15, 0.2) is 6.29 Å². The van der Waals surface area contributed by atoms with Crippen molar-refractivity contribution in [2.75, 3.05) is 20.3 Å². The number of nitrogens with one attached hydrogen (secondary N) is 1. The Hall–Kier alpha value is -1.20. The standard InChI is InChI=1S/C10H14N2O3/c1-14-10(2-4-15-5-3-10)9-11-6-8(7-13)12-9/h6-7H,2-5H2,1H3,(H,11,12). The van der Waals surface area contributed by atoms with Gasteiger partial charge in [-0.1, -0.05) is 0 Å². The summed E-state index contributed by atoms with van der Waals surface area (Å²) in [5.41, 5.74) is 0.0624. The molecule has 0 saturated carbocycles. The number of aldehydes is 1. The number of carbonyl (C=O) groups excluding carboxylic acids is 1. The Labute approximate surface area is 87.8 Å². The number of aromatic amines is 1. The molecule has 2 heterocycles. The molecule has 0 atom stereocenters. The third-order valence-electron chi connectivity index (χ3n) is 2.85. The van der Waals surface area contributed by atoms with E-state index in [0.29, 0.717) is 18.9 Å². The number of imidazole rings is 1. The molecule has 1 aromatic rings. The van der Waals surface area contributed by atoms with E-state index in [2.05, 4.69) is 9.97 Å². The van der Waals surface area contributed by atoms with Crippen LogP contribution in [0.3, 0.4) is 0 Å². The van der Waals surface area contributed by atoms with Gasteiger partial charge in [-0.05, 0) is 0 Å². The van der Waals surface area contributed by atoms with Crippen LogP contribution in [-0.4, -0.2) is 36.6 Å². The van der Waals surface area contributed by atoms with Gasteiger partial charge in [0.25, 0.3) is 0 Å². The monoisotopic (exact) mass is 210 g/mol. The molecular formula is C10H14N2O3. The van der Waals surface area contributed by atoms with Crippen LogP contribution in [0.4, 0.5) is 0 Å². The van der Waals surface area contributed by atoms with Crippen molar-refractivity contribution in [1.82, 2.24) is 9.97 Å². The minimum atomic E-state index is -0.417. The molecule has 0 amide bonds. The van der Waals surface area contributed by atoms with E-state index < -0.39 is 5.60 Å². The highest BCUT2D eigenvalue weighted by Crippen LogP contribution is 2.33. The van der Waals surface area contributed by atoms with Crippen LogP contribution in [0.2, 0.25) is 0 Å². The van der Waals surface area contributed by atoms with Crippen molar-refractivity contribution in [1.29, 1.82) is 0 Å². The van der Waals surface area contributed by atoms with Crippen LogP contribution in [0, 0.1) is 0 Å². The molecule has 82 valence electrons. The molecule has 15 heavy (non-hydrogen) atoms. The summed E-state index contributed by atoms with van der Waals surface area (Å²) < 4.78 is 10.8. The summed E-state index contributed by atoms with van der Waals surface area (Å²) in [6, 6.07) is 0. The number of nitrogens with zero attached hydrogens (tertiary/aromatic N) is 1. The molecule has 1 fully saturated rings. The van der Waals surface area contributed by atoms with Crippen LogP contribution in [0.1, 0.15) is 29.2 Å². The molecule has 0 bridgehead atoms. The van der Waals surface area contributed by atoms with Crippen molar-refractivity contribution in [2.24, 2.45) is 0 Å². The fourth-order valence-electron chi connectivity index (χ4n) is 1.87.